The van der Waals surface area contributed by atoms with E-state index in [0.29, 0.717) is 33.9 Å². The second kappa shape index (κ2) is 10.8. The van der Waals surface area contributed by atoms with Crippen LogP contribution in [0.3, 0.4) is 0 Å². The number of hydrogen-bond donors (Lipinski definition) is 1. The molecule has 1 atom stereocenters. The Morgan fingerprint density at radius 1 is 1.00 bits per heavy atom. The molecule has 0 aliphatic carbocycles. The van der Waals surface area contributed by atoms with Crippen LogP contribution in [0.2, 0.25) is 0 Å². The maximum absolute atomic E-state index is 13.9. The largest absolute Gasteiger partial charge is 0.497 e. The summed E-state index contributed by atoms with van der Waals surface area (Å²) in [6.45, 7) is 0.116. The van der Waals surface area contributed by atoms with Crippen LogP contribution in [0.5, 0.6) is 5.75 Å². The number of nitrogens with zero attached hydrogens (tertiary/aromatic N) is 4. The predicted molar refractivity (Wildman–Crippen MR) is 133 cm³/mol. The van der Waals surface area contributed by atoms with E-state index in [9.17, 15) is 9.59 Å². The van der Waals surface area contributed by atoms with Crippen LogP contribution in [0, 0.1) is 0 Å². The van der Waals surface area contributed by atoms with Crippen LogP contribution in [0.4, 0.5) is 0 Å². The Hall–Kier alpha value is -4.86. The van der Waals surface area contributed by atoms with Gasteiger partial charge in [0, 0.05) is 0 Å². The highest BCUT2D eigenvalue weighted by atomic mass is 16.5. The first-order chi connectivity index (χ1) is 18.1. The van der Waals surface area contributed by atoms with E-state index in [1.807, 2.05) is 24.3 Å². The zero-order chi connectivity index (χ0) is 25.6. The predicted octanol–water partition coefficient (Wildman–Crippen LogP) is 3.71. The first-order valence-corrected chi connectivity index (χ1v) is 11.7. The number of furan rings is 2. The summed E-state index contributed by atoms with van der Waals surface area (Å²) in [7, 11) is 1.55. The minimum Gasteiger partial charge on any atom is -0.497 e. The van der Waals surface area contributed by atoms with Crippen molar-refractivity contribution in [2.24, 2.45) is 0 Å². The van der Waals surface area contributed by atoms with Gasteiger partial charge in [-0.1, -0.05) is 29.5 Å². The summed E-state index contributed by atoms with van der Waals surface area (Å²) in [6.07, 6.45) is 3.07. The number of carbonyl (C=O) groups is 2. The van der Waals surface area contributed by atoms with Gasteiger partial charge in [-0.3, -0.25) is 9.59 Å². The van der Waals surface area contributed by atoms with E-state index in [-0.39, 0.29) is 31.4 Å². The molecule has 0 aliphatic heterocycles. The van der Waals surface area contributed by atoms with E-state index < -0.39 is 6.04 Å². The molecule has 0 bridgehead atoms. The third-order valence-corrected chi connectivity index (χ3v) is 5.92. The lowest BCUT2D eigenvalue weighted by atomic mass is 10.0. The van der Waals surface area contributed by atoms with Gasteiger partial charge in [0.25, 0.3) is 0 Å². The second-order valence-electron chi connectivity index (χ2n) is 8.31. The molecule has 0 saturated heterocycles. The van der Waals surface area contributed by atoms with Gasteiger partial charge in [-0.15, -0.1) is 5.10 Å². The van der Waals surface area contributed by atoms with Crippen LogP contribution in [0.25, 0.3) is 11.0 Å². The Morgan fingerprint density at radius 2 is 1.78 bits per heavy atom. The van der Waals surface area contributed by atoms with Crippen LogP contribution >= 0.6 is 0 Å². The number of aromatic nitrogens is 3. The van der Waals surface area contributed by atoms with Crippen molar-refractivity contribution in [3.05, 3.63) is 102 Å². The quantitative estimate of drug-likeness (QED) is 0.311. The lowest BCUT2D eigenvalue weighted by molar-refractivity contribution is -0.142. The molecule has 2 amide bonds. The number of rotatable bonds is 10. The van der Waals surface area contributed by atoms with E-state index in [1.54, 1.807) is 55.6 Å². The number of ether oxygens (including phenoxy) is 1. The standard InChI is InChI=1S/C27H25N5O5/c1-35-20-8-4-7-19(15-20)26(27(34)28-16-21-9-5-13-36-21)31(17-22-10-6-14-37-22)25(33)18-32-24-12-3-2-11-23(24)29-30-32/h2-15,26H,16-18H2,1H3,(H,28,34)/t26-/m1/s1. The number of fused-ring (bicyclic) bond motifs is 1. The van der Waals surface area contributed by atoms with Crippen molar-refractivity contribution in [3.8, 4) is 5.75 Å². The van der Waals surface area contributed by atoms with Crippen molar-refractivity contribution < 1.29 is 23.2 Å². The highest BCUT2D eigenvalue weighted by molar-refractivity contribution is 5.89. The third-order valence-electron chi connectivity index (χ3n) is 5.92. The van der Waals surface area contributed by atoms with E-state index in [1.165, 1.54) is 22.1 Å². The molecule has 3 aromatic heterocycles. The molecule has 0 radical (unpaired) electrons. The number of benzene rings is 2. The normalized spacial score (nSPS) is 11.8. The maximum Gasteiger partial charge on any atom is 0.247 e. The molecule has 10 nitrogen and oxygen atoms in total. The number of hydrogen-bond acceptors (Lipinski definition) is 7. The Bertz CT molecular complexity index is 1480. The summed E-state index contributed by atoms with van der Waals surface area (Å²) in [5.74, 6) is 0.967. The molecule has 188 valence electrons. The lowest BCUT2D eigenvalue weighted by Crippen LogP contribution is -2.44. The van der Waals surface area contributed by atoms with Gasteiger partial charge in [0.05, 0.1) is 38.2 Å². The van der Waals surface area contributed by atoms with E-state index in [4.69, 9.17) is 13.6 Å². The summed E-state index contributed by atoms with van der Waals surface area (Å²) in [5, 5.41) is 11.2. The van der Waals surface area contributed by atoms with Gasteiger partial charge < -0.3 is 23.8 Å². The van der Waals surface area contributed by atoms with Crippen molar-refractivity contribution in [3.63, 3.8) is 0 Å². The molecule has 37 heavy (non-hydrogen) atoms. The SMILES string of the molecule is COc1cccc([C@H](C(=O)NCc2ccco2)N(Cc2ccco2)C(=O)Cn2nnc3ccccc32)c1. The number of nitrogens with one attached hydrogen (secondary N) is 1. The van der Waals surface area contributed by atoms with Crippen LogP contribution in [0.1, 0.15) is 23.1 Å². The Kier molecular flexibility index (Phi) is 6.98. The summed E-state index contributed by atoms with van der Waals surface area (Å²) in [4.78, 5) is 29.0. The van der Waals surface area contributed by atoms with Crippen LogP contribution in [-0.2, 0) is 29.2 Å². The molecular formula is C27H25N5O5. The lowest BCUT2D eigenvalue weighted by Gasteiger charge is -2.31. The molecule has 1 N–H and O–H groups in total. The van der Waals surface area contributed by atoms with Crippen molar-refractivity contribution in [2.75, 3.05) is 7.11 Å². The molecular weight excluding hydrogens is 474 g/mol. The van der Waals surface area contributed by atoms with Gasteiger partial charge in [0.15, 0.2) is 0 Å². The molecule has 3 heterocycles. The van der Waals surface area contributed by atoms with Crippen LogP contribution in [0.15, 0.2) is 94.2 Å². The van der Waals surface area contributed by atoms with E-state index in [0.717, 1.165) is 0 Å². The minimum atomic E-state index is -0.988. The number of para-hydroxylation sites is 1. The zero-order valence-electron chi connectivity index (χ0n) is 20.1. The molecule has 5 rings (SSSR count). The molecule has 5 aromatic rings. The van der Waals surface area contributed by atoms with Gasteiger partial charge in [-0.2, -0.15) is 0 Å². The molecule has 0 saturated carbocycles. The van der Waals surface area contributed by atoms with Gasteiger partial charge in [-0.05, 0) is 54.1 Å². The van der Waals surface area contributed by atoms with Crippen molar-refractivity contribution in [2.45, 2.75) is 25.7 Å². The molecule has 10 heteroatoms. The number of amides is 2. The van der Waals surface area contributed by atoms with Gasteiger partial charge in [0.1, 0.15) is 35.4 Å². The summed E-state index contributed by atoms with van der Waals surface area (Å²) in [6, 6.07) is 20.5. The van der Waals surface area contributed by atoms with E-state index in [2.05, 4.69) is 15.6 Å². The van der Waals surface area contributed by atoms with Crippen molar-refractivity contribution in [1.82, 2.24) is 25.2 Å². The van der Waals surface area contributed by atoms with Gasteiger partial charge >= 0.3 is 0 Å². The first-order valence-electron chi connectivity index (χ1n) is 11.7. The van der Waals surface area contributed by atoms with Crippen molar-refractivity contribution >= 4 is 22.8 Å². The topological polar surface area (TPSA) is 116 Å². The fraction of sp³-hybridized carbons (Fsp3) is 0.185. The summed E-state index contributed by atoms with van der Waals surface area (Å²) < 4.78 is 17.8. The fourth-order valence-corrected chi connectivity index (χ4v) is 4.12. The van der Waals surface area contributed by atoms with Gasteiger partial charge in [-0.25, -0.2) is 4.68 Å². The molecule has 0 unspecified atom stereocenters. The molecule has 2 aromatic carbocycles. The first kappa shape index (κ1) is 23.9. The van der Waals surface area contributed by atoms with Crippen LogP contribution in [-0.4, -0.2) is 38.8 Å². The highest BCUT2D eigenvalue weighted by Crippen LogP contribution is 2.28. The highest BCUT2D eigenvalue weighted by Gasteiger charge is 2.33. The fourth-order valence-electron chi connectivity index (χ4n) is 4.12. The number of methoxy groups -OCH3 is 1. The summed E-state index contributed by atoms with van der Waals surface area (Å²) in [5.41, 5.74) is 1.97. The Balaban J connectivity index is 1.51. The Morgan fingerprint density at radius 3 is 2.54 bits per heavy atom. The van der Waals surface area contributed by atoms with Gasteiger partial charge in [0.2, 0.25) is 11.8 Å². The minimum absolute atomic E-state index is 0.0640. The Labute approximate surface area is 212 Å². The zero-order valence-corrected chi connectivity index (χ0v) is 20.1. The maximum atomic E-state index is 13.9. The monoisotopic (exact) mass is 499 g/mol. The number of carbonyl (C=O) groups excluding carboxylic acids is 2. The average molecular weight is 500 g/mol. The smallest absolute Gasteiger partial charge is 0.247 e. The molecule has 0 spiro atoms. The third kappa shape index (κ3) is 5.37. The van der Waals surface area contributed by atoms with Crippen molar-refractivity contribution in [1.29, 1.82) is 0 Å². The van der Waals surface area contributed by atoms with Crippen LogP contribution < -0.4 is 10.1 Å². The molecule has 0 aliphatic rings. The van der Waals surface area contributed by atoms with E-state index >= 15 is 0 Å². The summed E-state index contributed by atoms with van der Waals surface area (Å²) >= 11 is 0. The molecule has 0 fully saturated rings. The average Bonchev–Trinajstić information content (AvgIpc) is 3.70. The second-order valence-corrected chi connectivity index (χ2v) is 8.31.